The molecule has 0 bridgehead atoms. The van der Waals surface area contributed by atoms with Gasteiger partial charge in [-0.3, -0.25) is 4.90 Å². The summed E-state index contributed by atoms with van der Waals surface area (Å²) in [5, 5.41) is 11.4. The van der Waals surface area contributed by atoms with Gasteiger partial charge in [0.15, 0.2) is 0 Å². The van der Waals surface area contributed by atoms with Crippen molar-refractivity contribution in [2.45, 2.75) is 26.4 Å². The molecule has 3 unspecified atom stereocenters. The molecule has 1 saturated heterocycles. The maximum absolute atomic E-state index is 10.7. The van der Waals surface area contributed by atoms with Gasteiger partial charge in [-0.25, -0.2) is 4.79 Å². The van der Waals surface area contributed by atoms with E-state index in [1.165, 1.54) is 5.56 Å². The molecule has 0 aliphatic carbocycles. The molecule has 2 N–H and O–H groups in total. The predicted octanol–water partition coefficient (Wildman–Crippen LogP) is 2.41. The first kappa shape index (κ1) is 13.9. The molecule has 0 saturated carbocycles. The SMILES string of the molecule is CC1CN(Cc2ccccc2)CC1C(C)NC(=O)O. The molecule has 4 nitrogen and oxygen atoms in total. The summed E-state index contributed by atoms with van der Waals surface area (Å²) in [6, 6.07) is 10.4. The smallest absolute Gasteiger partial charge is 0.404 e. The van der Waals surface area contributed by atoms with E-state index in [2.05, 4.69) is 41.4 Å². The van der Waals surface area contributed by atoms with Crippen molar-refractivity contribution in [3.8, 4) is 0 Å². The Balaban J connectivity index is 1.92. The maximum Gasteiger partial charge on any atom is 0.404 e. The van der Waals surface area contributed by atoms with Gasteiger partial charge >= 0.3 is 6.09 Å². The van der Waals surface area contributed by atoms with Gasteiger partial charge < -0.3 is 10.4 Å². The number of likely N-dealkylation sites (tertiary alicyclic amines) is 1. The lowest BCUT2D eigenvalue weighted by molar-refractivity contribution is 0.183. The van der Waals surface area contributed by atoms with Crippen LogP contribution in [0.25, 0.3) is 0 Å². The number of benzene rings is 1. The molecule has 1 aliphatic rings. The topological polar surface area (TPSA) is 52.6 Å². The summed E-state index contributed by atoms with van der Waals surface area (Å²) in [7, 11) is 0. The molecule has 4 heteroatoms. The first-order chi connectivity index (χ1) is 9.06. The Morgan fingerprint density at radius 1 is 1.42 bits per heavy atom. The van der Waals surface area contributed by atoms with Crippen LogP contribution < -0.4 is 5.32 Å². The third-order valence-corrected chi connectivity index (χ3v) is 3.99. The van der Waals surface area contributed by atoms with Gasteiger partial charge in [-0.05, 0) is 24.3 Å². The number of amides is 1. The Morgan fingerprint density at radius 3 is 2.74 bits per heavy atom. The quantitative estimate of drug-likeness (QED) is 0.876. The van der Waals surface area contributed by atoms with Gasteiger partial charge in [0.1, 0.15) is 0 Å². The fourth-order valence-electron chi connectivity index (χ4n) is 3.02. The molecule has 19 heavy (non-hydrogen) atoms. The van der Waals surface area contributed by atoms with Crippen molar-refractivity contribution in [1.29, 1.82) is 0 Å². The normalized spacial score (nSPS) is 25.2. The fraction of sp³-hybridized carbons (Fsp3) is 0.533. The molecular formula is C15H22N2O2. The van der Waals surface area contributed by atoms with Crippen molar-refractivity contribution in [1.82, 2.24) is 10.2 Å². The molecule has 1 heterocycles. The van der Waals surface area contributed by atoms with E-state index in [-0.39, 0.29) is 6.04 Å². The maximum atomic E-state index is 10.7. The lowest BCUT2D eigenvalue weighted by Crippen LogP contribution is -2.40. The monoisotopic (exact) mass is 262 g/mol. The number of nitrogens with zero attached hydrogens (tertiary/aromatic N) is 1. The molecule has 1 amide bonds. The first-order valence-electron chi connectivity index (χ1n) is 6.82. The summed E-state index contributed by atoms with van der Waals surface area (Å²) < 4.78 is 0. The van der Waals surface area contributed by atoms with Crippen LogP contribution in [0.3, 0.4) is 0 Å². The van der Waals surface area contributed by atoms with E-state index in [4.69, 9.17) is 5.11 Å². The first-order valence-corrected chi connectivity index (χ1v) is 6.82. The molecule has 1 aromatic rings. The average Bonchev–Trinajstić information content (AvgIpc) is 2.70. The van der Waals surface area contributed by atoms with Crippen molar-refractivity contribution < 1.29 is 9.90 Å². The minimum Gasteiger partial charge on any atom is -0.465 e. The summed E-state index contributed by atoms with van der Waals surface area (Å²) in [5.41, 5.74) is 1.31. The molecular weight excluding hydrogens is 240 g/mol. The molecule has 104 valence electrons. The number of nitrogens with one attached hydrogen (secondary N) is 1. The van der Waals surface area contributed by atoms with Gasteiger partial charge in [0.2, 0.25) is 0 Å². The molecule has 2 rings (SSSR count). The van der Waals surface area contributed by atoms with Gasteiger partial charge in [0.25, 0.3) is 0 Å². The largest absolute Gasteiger partial charge is 0.465 e. The Bertz CT molecular complexity index is 421. The minimum absolute atomic E-state index is 0.00766. The highest BCUT2D eigenvalue weighted by atomic mass is 16.4. The van der Waals surface area contributed by atoms with E-state index >= 15 is 0 Å². The molecule has 0 radical (unpaired) electrons. The van der Waals surface area contributed by atoms with Crippen LogP contribution in [0.15, 0.2) is 30.3 Å². The van der Waals surface area contributed by atoms with Gasteiger partial charge in [-0.2, -0.15) is 0 Å². The summed E-state index contributed by atoms with van der Waals surface area (Å²) >= 11 is 0. The molecule has 0 aromatic heterocycles. The van der Waals surface area contributed by atoms with Crippen molar-refractivity contribution in [3.63, 3.8) is 0 Å². The van der Waals surface area contributed by atoms with Crippen LogP contribution in [-0.4, -0.2) is 35.2 Å². The summed E-state index contributed by atoms with van der Waals surface area (Å²) in [6.45, 7) is 7.10. The van der Waals surface area contributed by atoms with Gasteiger partial charge in [-0.15, -0.1) is 0 Å². The summed E-state index contributed by atoms with van der Waals surface area (Å²) in [4.78, 5) is 13.1. The van der Waals surface area contributed by atoms with Crippen molar-refractivity contribution in [3.05, 3.63) is 35.9 Å². The average molecular weight is 262 g/mol. The number of carbonyl (C=O) groups is 1. The molecule has 0 spiro atoms. The van der Waals surface area contributed by atoms with E-state index in [1.54, 1.807) is 0 Å². The van der Waals surface area contributed by atoms with Crippen molar-refractivity contribution >= 4 is 6.09 Å². The molecule has 1 fully saturated rings. The number of hydrogen-bond donors (Lipinski definition) is 2. The van der Waals surface area contributed by atoms with Crippen LogP contribution in [0.4, 0.5) is 4.79 Å². The van der Waals surface area contributed by atoms with Gasteiger partial charge in [0.05, 0.1) is 0 Å². The minimum atomic E-state index is -0.929. The Morgan fingerprint density at radius 2 is 2.11 bits per heavy atom. The van der Waals surface area contributed by atoms with E-state index in [0.717, 1.165) is 19.6 Å². The highest BCUT2D eigenvalue weighted by molar-refractivity contribution is 5.64. The van der Waals surface area contributed by atoms with E-state index in [1.807, 2.05) is 13.0 Å². The highest BCUT2D eigenvalue weighted by Gasteiger charge is 2.33. The van der Waals surface area contributed by atoms with E-state index in [0.29, 0.717) is 11.8 Å². The zero-order valence-electron chi connectivity index (χ0n) is 11.5. The highest BCUT2D eigenvalue weighted by Crippen LogP contribution is 2.27. The fourth-order valence-corrected chi connectivity index (χ4v) is 3.02. The van der Waals surface area contributed by atoms with Gasteiger partial charge in [0, 0.05) is 25.7 Å². The van der Waals surface area contributed by atoms with Crippen molar-refractivity contribution in [2.24, 2.45) is 11.8 Å². The van der Waals surface area contributed by atoms with E-state index in [9.17, 15) is 4.79 Å². The molecule has 1 aliphatic heterocycles. The Labute approximate surface area is 114 Å². The van der Waals surface area contributed by atoms with Gasteiger partial charge in [-0.1, -0.05) is 37.3 Å². The number of rotatable bonds is 4. The summed E-state index contributed by atoms with van der Waals surface area (Å²) in [6.07, 6.45) is -0.929. The third kappa shape index (κ3) is 3.70. The molecule has 3 atom stereocenters. The Kier molecular flexibility index (Phi) is 4.43. The second-order valence-electron chi connectivity index (χ2n) is 5.56. The second kappa shape index (κ2) is 6.06. The van der Waals surface area contributed by atoms with Crippen LogP contribution in [-0.2, 0) is 6.54 Å². The summed E-state index contributed by atoms with van der Waals surface area (Å²) in [5.74, 6) is 0.908. The van der Waals surface area contributed by atoms with Crippen LogP contribution in [0.1, 0.15) is 19.4 Å². The van der Waals surface area contributed by atoms with Crippen LogP contribution >= 0.6 is 0 Å². The zero-order valence-corrected chi connectivity index (χ0v) is 11.5. The lowest BCUT2D eigenvalue weighted by atomic mass is 9.91. The number of carboxylic acid groups (broad SMARTS) is 1. The number of hydrogen-bond acceptors (Lipinski definition) is 2. The van der Waals surface area contributed by atoms with Crippen LogP contribution in [0.2, 0.25) is 0 Å². The lowest BCUT2D eigenvalue weighted by Gasteiger charge is -2.22. The zero-order chi connectivity index (χ0) is 13.8. The standard InChI is InChI=1S/C15H22N2O2/c1-11-8-17(9-13-6-4-3-5-7-13)10-14(11)12(2)16-15(18)19/h3-7,11-12,14,16H,8-10H2,1-2H3,(H,18,19). The van der Waals surface area contributed by atoms with Crippen molar-refractivity contribution in [2.75, 3.05) is 13.1 Å². The van der Waals surface area contributed by atoms with E-state index < -0.39 is 6.09 Å². The molecule has 1 aromatic carbocycles. The van der Waals surface area contributed by atoms with Crippen LogP contribution in [0.5, 0.6) is 0 Å². The van der Waals surface area contributed by atoms with Crippen LogP contribution in [0, 0.1) is 11.8 Å². The predicted molar refractivity (Wildman–Crippen MR) is 75.0 cm³/mol. The Hall–Kier alpha value is -1.55. The second-order valence-corrected chi connectivity index (χ2v) is 5.56. The third-order valence-electron chi connectivity index (χ3n) is 3.99.